The zero-order valence-electron chi connectivity index (χ0n) is 11.2. The lowest BCUT2D eigenvalue weighted by Gasteiger charge is -2.08. The number of hydrogen-bond donors (Lipinski definition) is 0. The van der Waals surface area contributed by atoms with Gasteiger partial charge in [-0.25, -0.2) is 0 Å². The molecule has 0 saturated carbocycles. The summed E-state index contributed by atoms with van der Waals surface area (Å²) < 4.78 is 12.8. The molecule has 100 valence electrons. The molecular weight excluding hydrogens is 276 g/mol. The lowest BCUT2D eigenvalue weighted by atomic mass is 9.99. The van der Waals surface area contributed by atoms with Crippen molar-refractivity contribution < 1.29 is 9.00 Å². The van der Waals surface area contributed by atoms with Crippen LogP contribution < -0.4 is 0 Å². The second-order valence-corrected chi connectivity index (χ2v) is 7.22. The van der Waals surface area contributed by atoms with E-state index in [1.165, 1.54) is 16.9 Å². The van der Waals surface area contributed by atoms with Crippen molar-refractivity contribution in [2.45, 2.75) is 25.0 Å². The molecular formula is C15H16O2S2. The number of carbonyl (C=O) groups excluding carboxylic acids is 1. The summed E-state index contributed by atoms with van der Waals surface area (Å²) in [6.07, 6.45) is 0. The van der Waals surface area contributed by atoms with Crippen molar-refractivity contribution in [2.75, 3.05) is 5.75 Å². The third kappa shape index (κ3) is 3.19. The van der Waals surface area contributed by atoms with Crippen LogP contribution in [0.2, 0.25) is 0 Å². The lowest BCUT2D eigenvalue weighted by Crippen LogP contribution is -2.12. The molecule has 0 bridgehead atoms. The number of ketones is 1. The van der Waals surface area contributed by atoms with Crippen LogP contribution in [0.4, 0.5) is 0 Å². The molecule has 0 aliphatic carbocycles. The number of aryl methyl sites for hydroxylation is 3. The van der Waals surface area contributed by atoms with Crippen LogP contribution in [-0.4, -0.2) is 15.7 Å². The van der Waals surface area contributed by atoms with E-state index in [0.717, 1.165) is 15.3 Å². The van der Waals surface area contributed by atoms with Crippen molar-refractivity contribution in [1.82, 2.24) is 0 Å². The molecule has 2 aromatic rings. The Morgan fingerprint density at radius 1 is 1.16 bits per heavy atom. The van der Waals surface area contributed by atoms with E-state index in [-0.39, 0.29) is 11.5 Å². The van der Waals surface area contributed by atoms with Crippen molar-refractivity contribution in [3.63, 3.8) is 0 Å². The van der Waals surface area contributed by atoms with Crippen LogP contribution in [0.5, 0.6) is 0 Å². The summed E-state index contributed by atoms with van der Waals surface area (Å²) in [7, 11) is -1.23. The Kier molecular flexibility index (Phi) is 4.32. The minimum absolute atomic E-state index is 0.0488. The first-order valence-corrected chi connectivity index (χ1v) is 8.22. The van der Waals surface area contributed by atoms with E-state index in [9.17, 15) is 9.00 Å². The predicted molar refractivity (Wildman–Crippen MR) is 80.6 cm³/mol. The molecule has 1 heterocycles. The van der Waals surface area contributed by atoms with Gasteiger partial charge in [-0.15, -0.1) is 11.3 Å². The predicted octanol–water partition coefficient (Wildman–Crippen LogP) is 3.66. The van der Waals surface area contributed by atoms with Crippen LogP contribution in [0, 0.1) is 20.8 Å². The van der Waals surface area contributed by atoms with Crippen LogP contribution in [0.3, 0.4) is 0 Å². The van der Waals surface area contributed by atoms with Gasteiger partial charge in [0.25, 0.3) is 0 Å². The average Bonchev–Trinajstić information content (AvgIpc) is 2.87. The van der Waals surface area contributed by atoms with Gasteiger partial charge in [0.15, 0.2) is 5.78 Å². The molecule has 1 unspecified atom stereocenters. The van der Waals surface area contributed by atoms with Gasteiger partial charge in [-0.1, -0.05) is 12.1 Å². The molecule has 0 N–H and O–H groups in total. The molecule has 19 heavy (non-hydrogen) atoms. The van der Waals surface area contributed by atoms with Gasteiger partial charge in [-0.2, -0.15) is 0 Å². The van der Waals surface area contributed by atoms with Gasteiger partial charge < -0.3 is 0 Å². The number of thiophene rings is 1. The van der Waals surface area contributed by atoms with Gasteiger partial charge in [-0.05, 0) is 55.0 Å². The second-order valence-electron chi connectivity index (χ2n) is 4.60. The fraction of sp³-hybridized carbons (Fsp3) is 0.267. The van der Waals surface area contributed by atoms with Gasteiger partial charge in [0.2, 0.25) is 0 Å². The average molecular weight is 292 g/mol. The highest BCUT2D eigenvalue weighted by molar-refractivity contribution is 7.88. The van der Waals surface area contributed by atoms with Crippen molar-refractivity contribution in [1.29, 1.82) is 0 Å². The Morgan fingerprint density at radius 2 is 1.84 bits per heavy atom. The van der Waals surface area contributed by atoms with E-state index in [1.807, 2.05) is 44.4 Å². The molecule has 1 aromatic carbocycles. The quantitative estimate of drug-likeness (QED) is 0.806. The monoisotopic (exact) mass is 292 g/mol. The van der Waals surface area contributed by atoms with Gasteiger partial charge in [0.05, 0.1) is 20.8 Å². The molecule has 4 heteroatoms. The van der Waals surface area contributed by atoms with E-state index < -0.39 is 10.8 Å². The van der Waals surface area contributed by atoms with Gasteiger partial charge in [-0.3, -0.25) is 9.00 Å². The molecule has 2 nitrogen and oxygen atoms in total. The van der Waals surface area contributed by atoms with Gasteiger partial charge >= 0.3 is 0 Å². The van der Waals surface area contributed by atoms with Crippen molar-refractivity contribution in [2.24, 2.45) is 0 Å². The number of Topliss-reactive ketones (excluding diaryl/α,β-unsaturated/α-hetero) is 1. The molecule has 0 saturated heterocycles. The highest BCUT2D eigenvalue weighted by Gasteiger charge is 2.15. The normalized spacial score (nSPS) is 12.4. The Hall–Kier alpha value is -1.26. The molecule has 0 spiro atoms. The van der Waals surface area contributed by atoms with Crippen LogP contribution in [0.25, 0.3) is 0 Å². The van der Waals surface area contributed by atoms with Crippen molar-refractivity contribution in [3.05, 3.63) is 51.9 Å². The van der Waals surface area contributed by atoms with Gasteiger partial charge in [0.1, 0.15) is 0 Å². The third-order valence-electron chi connectivity index (χ3n) is 3.12. The summed E-state index contributed by atoms with van der Waals surface area (Å²) >= 11 is 1.43. The summed E-state index contributed by atoms with van der Waals surface area (Å²) in [5, 5.41) is 1.87. The smallest absolute Gasteiger partial charge is 0.175 e. The maximum atomic E-state index is 12.2. The standard InChI is InChI=1S/C15H16O2S2/c1-10-7-12(3)13(8-11(10)2)14(16)9-19(17)15-5-4-6-18-15/h4-8H,9H2,1-3H3. The van der Waals surface area contributed by atoms with E-state index in [4.69, 9.17) is 0 Å². The Balaban J connectivity index is 2.21. The highest BCUT2D eigenvalue weighted by Crippen LogP contribution is 2.19. The fourth-order valence-electron chi connectivity index (χ4n) is 1.92. The minimum atomic E-state index is -1.23. The summed E-state index contributed by atoms with van der Waals surface area (Å²) in [4.78, 5) is 12.2. The number of carbonyl (C=O) groups is 1. The largest absolute Gasteiger partial charge is 0.293 e. The lowest BCUT2D eigenvalue weighted by molar-refractivity contribution is 0.102. The third-order valence-corrected chi connectivity index (χ3v) is 5.74. The van der Waals surface area contributed by atoms with Gasteiger partial charge in [0, 0.05) is 5.56 Å². The van der Waals surface area contributed by atoms with Crippen LogP contribution in [-0.2, 0) is 10.8 Å². The molecule has 0 aliphatic heterocycles. The Morgan fingerprint density at radius 3 is 2.47 bits per heavy atom. The topological polar surface area (TPSA) is 34.1 Å². The first kappa shape index (κ1) is 14.2. The zero-order chi connectivity index (χ0) is 14.0. The summed E-state index contributed by atoms with van der Waals surface area (Å²) in [6.45, 7) is 5.94. The maximum absolute atomic E-state index is 12.2. The molecule has 0 fully saturated rings. The molecule has 2 rings (SSSR count). The first-order valence-electron chi connectivity index (χ1n) is 6.02. The number of benzene rings is 1. The second kappa shape index (κ2) is 5.80. The van der Waals surface area contributed by atoms with E-state index in [0.29, 0.717) is 5.56 Å². The number of rotatable bonds is 4. The summed E-state index contributed by atoms with van der Waals surface area (Å²) in [5.41, 5.74) is 3.91. The summed E-state index contributed by atoms with van der Waals surface area (Å²) in [5.74, 6) is 0.0106. The molecule has 1 atom stereocenters. The summed E-state index contributed by atoms with van der Waals surface area (Å²) in [6, 6.07) is 7.57. The van der Waals surface area contributed by atoms with Crippen LogP contribution in [0.1, 0.15) is 27.0 Å². The van der Waals surface area contributed by atoms with Crippen molar-refractivity contribution in [3.8, 4) is 0 Å². The fourth-order valence-corrected chi connectivity index (χ4v) is 3.91. The van der Waals surface area contributed by atoms with Crippen molar-refractivity contribution >= 4 is 27.9 Å². The molecule has 0 radical (unpaired) electrons. The van der Waals surface area contributed by atoms with Crippen LogP contribution >= 0.6 is 11.3 Å². The SMILES string of the molecule is Cc1cc(C)c(C(=O)CS(=O)c2cccs2)cc1C. The molecule has 1 aromatic heterocycles. The number of hydrogen-bond acceptors (Lipinski definition) is 3. The Labute approximate surface area is 119 Å². The Bertz CT molecular complexity index is 628. The van der Waals surface area contributed by atoms with Crippen LogP contribution in [0.15, 0.2) is 33.9 Å². The minimum Gasteiger partial charge on any atom is -0.293 e. The van der Waals surface area contributed by atoms with E-state index in [2.05, 4.69) is 0 Å². The van der Waals surface area contributed by atoms with E-state index >= 15 is 0 Å². The zero-order valence-corrected chi connectivity index (χ0v) is 12.9. The van der Waals surface area contributed by atoms with E-state index in [1.54, 1.807) is 6.07 Å². The molecule has 0 amide bonds. The maximum Gasteiger partial charge on any atom is 0.175 e. The molecule has 0 aliphatic rings. The first-order chi connectivity index (χ1) is 8.99. The highest BCUT2D eigenvalue weighted by atomic mass is 32.2.